The molecule has 0 saturated carbocycles. The van der Waals surface area contributed by atoms with E-state index in [1.807, 2.05) is 13.0 Å². The van der Waals surface area contributed by atoms with E-state index in [-0.39, 0.29) is 17.8 Å². The van der Waals surface area contributed by atoms with Crippen molar-refractivity contribution in [3.05, 3.63) is 59.2 Å². The van der Waals surface area contributed by atoms with E-state index in [1.165, 1.54) is 12.1 Å². The van der Waals surface area contributed by atoms with Gasteiger partial charge in [-0.3, -0.25) is 0 Å². The minimum absolute atomic E-state index is 0.122. The van der Waals surface area contributed by atoms with Gasteiger partial charge < -0.3 is 10.6 Å². The van der Waals surface area contributed by atoms with Gasteiger partial charge in [0.1, 0.15) is 13.7 Å². The lowest BCUT2D eigenvalue weighted by Gasteiger charge is -2.18. The van der Waals surface area contributed by atoms with Crippen molar-refractivity contribution in [2.75, 3.05) is 5.32 Å². The maximum Gasteiger partial charge on any atom is 0.227 e. The smallest absolute Gasteiger partial charge is 0.227 e. The van der Waals surface area contributed by atoms with Crippen LogP contribution >= 0.6 is 0 Å². The monoisotopic (exact) mass is 294 g/mol. The molecule has 1 aliphatic rings. The second kappa shape index (κ2) is 5.79. The molecule has 0 fully saturated rings. The van der Waals surface area contributed by atoms with Crippen LogP contribution in [0.15, 0.2) is 47.7 Å². The third kappa shape index (κ3) is 2.82. The zero-order valence-corrected chi connectivity index (χ0v) is 12.5. The Morgan fingerprint density at radius 1 is 1.23 bits per heavy atom. The first kappa shape index (κ1) is 14.6. The molecule has 1 unspecified atom stereocenters. The largest absolute Gasteiger partial charge is 0.394 e. The van der Waals surface area contributed by atoms with Crippen molar-refractivity contribution in [2.24, 2.45) is 0 Å². The van der Waals surface area contributed by atoms with Crippen LogP contribution in [0.3, 0.4) is 0 Å². The molecule has 3 rings (SSSR count). The van der Waals surface area contributed by atoms with E-state index in [1.54, 1.807) is 18.3 Å². The molecule has 0 amide bonds. The van der Waals surface area contributed by atoms with Gasteiger partial charge in [-0.1, -0.05) is 5.57 Å². The fraction of sp³-hybridized carbons (Fsp3) is 0.250. The highest BCUT2D eigenvalue weighted by Gasteiger charge is 2.29. The van der Waals surface area contributed by atoms with Gasteiger partial charge in [-0.25, -0.2) is 14.4 Å². The van der Waals surface area contributed by atoms with Crippen molar-refractivity contribution in [1.82, 2.24) is 15.3 Å². The molecular weight excluding hydrogens is 278 g/mol. The van der Waals surface area contributed by atoms with Gasteiger partial charge in [-0.15, -0.1) is 0 Å². The van der Waals surface area contributed by atoms with E-state index in [0.29, 0.717) is 11.5 Å². The summed E-state index contributed by atoms with van der Waals surface area (Å²) in [5, 5.41) is 6.30. The molecule has 1 aromatic heterocycles. The Labute approximate surface area is 130 Å². The number of anilines is 2. The molecule has 1 aromatic carbocycles. The maximum atomic E-state index is 12.9. The highest BCUT2D eigenvalue weighted by Crippen LogP contribution is 2.32. The first-order chi connectivity index (χ1) is 10.5. The molecule has 110 valence electrons. The van der Waals surface area contributed by atoms with E-state index in [2.05, 4.69) is 27.5 Å². The third-order valence-corrected chi connectivity index (χ3v) is 3.87. The average Bonchev–Trinajstić information content (AvgIpc) is 2.75. The number of nitrogens with one attached hydrogen (secondary N) is 2. The van der Waals surface area contributed by atoms with Crippen molar-refractivity contribution >= 4 is 19.5 Å². The van der Waals surface area contributed by atoms with Gasteiger partial charge in [-0.2, -0.15) is 0 Å². The van der Waals surface area contributed by atoms with Gasteiger partial charge in [0, 0.05) is 23.8 Å². The molecule has 0 saturated heterocycles. The number of halogens is 1. The fourth-order valence-corrected chi connectivity index (χ4v) is 2.73. The van der Waals surface area contributed by atoms with Crippen molar-refractivity contribution in [1.29, 1.82) is 0 Å². The lowest BCUT2D eigenvalue weighted by Crippen LogP contribution is -2.24. The molecule has 6 heteroatoms. The summed E-state index contributed by atoms with van der Waals surface area (Å²) in [6.07, 6.45) is 1.71. The quantitative estimate of drug-likeness (QED) is 0.855. The Hall–Kier alpha value is -2.37. The number of benzene rings is 1. The average molecular weight is 294 g/mol. The van der Waals surface area contributed by atoms with Gasteiger partial charge >= 0.3 is 0 Å². The van der Waals surface area contributed by atoms with Crippen molar-refractivity contribution < 1.29 is 4.39 Å². The van der Waals surface area contributed by atoms with Crippen LogP contribution in [0.2, 0.25) is 0 Å². The predicted molar refractivity (Wildman–Crippen MR) is 85.5 cm³/mol. The molecule has 0 aliphatic carbocycles. The number of rotatable bonds is 3. The third-order valence-electron chi connectivity index (χ3n) is 3.87. The topological polar surface area (TPSA) is 49.8 Å². The summed E-state index contributed by atoms with van der Waals surface area (Å²) < 4.78 is 12.9. The van der Waals surface area contributed by atoms with E-state index in [9.17, 15) is 4.39 Å². The molecule has 0 spiro atoms. The highest BCUT2D eigenvalue weighted by atomic mass is 19.1. The Bertz CT molecular complexity index is 714. The van der Waals surface area contributed by atoms with Gasteiger partial charge in [0.2, 0.25) is 5.95 Å². The van der Waals surface area contributed by atoms with Crippen molar-refractivity contribution in [3.8, 4) is 0 Å². The summed E-state index contributed by atoms with van der Waals surface area (Å²) in [4.78, 5) is 8.78. The van der Waals surface area contributed by atoms with Crippen LogP contribution in [0.25, 0.3) is 0 Å². The molecule has 2 heterocycles. The highest BCUT2D eigenvalue weighted by molar-refractivity contribution is 6.22. The summed E-state index contributed by atoms with van der Waals surface area (Å²) in [6.45, 7) is 4.08. The first-order valence-corrected chi connectivity index (χ1v) is 7.13. The van der Waals surface area contributed by atoms with Crippen LogP contribution < -0.4 is 10.6 Å². The summed E-state index contributed by atoms with van der Waals surface area (Å²) in [5.74, 6) is 0.327. The SMILES string of the molecule is [B]C1=C(C)C(c2ccnc(Nc3ccc(F)cc3)n2)[C@H](C)N1. The fourth-order valence-electron chi connectivity index (χ4n) is 2.73. The number of nitrogens with zero attached hydrogens (tertiary/aromatic N) is 2. The molecule has 2 N–H and O–H groups in total. The van der Waals surface area contributed by atoms with Crippen LogP contribution in [0.1, 0.15) is 25.5 Å². The summed E-state index contributed by atoms with van der Waals surface area (Å²) >= 11 is 0. The molecule has 22 heavy (non-hydrogen) atoms. The molecule has 2 atom stereocenters. The number of aromatic nitrogens is 2. The number of hydrogen-bond acceptors (Lipinski definition) is 4. The summed E-state index contributed by atoms with van der Waals surface area (Å²) in [6, 6.07) is 8.16. The Balaban J connectivity index is 1.85. The zero-order valence-electron chi connectivity index (χ0n) is 12.5. The van der Waals surface area contributed by atoms with Crippen LogP contribution in [0, 0.1) is 5.82 Å². The molecule has 2 radical (unpaired) electrons. The predicted octanol–water partition coefficient (Wildman–Crippen LogP) is 2.83. The second-order valence-electron chi connectivity index (χ2n) is 5.44. The van der Waals surface area contributed by atoms with Gasteiger partial charge in [-0.05, 0) is 49.8 Å². The van der Waals surface area contributed by atoms with Crippen molar-refractivity contribution in [3.63, 3.8) is 0 Å². The normalized spacial score (nSPS) is 20.9. The summed E-state index contributed by atoms with van der Waals surface area (Å²) in [5.41, 5.74) is 3.43. The van der Waals surface area contributed by atoms with Crippen LogP contribution in [0.5, 0.6) is 0 Å². The van der Waals surface area contributed by atoms with Crippen LogP contribution in [-0.4, -0.2) is 23.9 Å². The lowest BCUT2D eigenvalue weighted by atomic mass is 9.90. The Kier molecular flexibility index (Phi) is 3.83. The molecule has 2 aromatic rings. The Morgan fingerprint density at radius 2 is 1.95 bits per heavy atom. The Morgan fingerprint density at radius 3 is 2.59 bits per heavy atom. The first-order valence-electron chi connectivity index (χ1n) is 7.13. The van der Waals surface area contributed by atoms with E-state index in [4.69, 9.17) is 7.85 Å². The van der Waals surface area contributed by atoms with E-state index < -0.39 is 0 Å². The molecular formula is C16H16BFN4. The molecule has 4 nitrogen and oxygen atoms in total. The standard InChI is InChI=1S/C16H16BFN4/c1-9-14(10(2)20-15(9)17)13-7-8-19-16(22-13)21-12-5-3-11(18)4-6-12/h3-8,10,14,20H,1-2H3,(H,19,21,22)/t10-,14?/m0/s1. The zero-order chi connectivity index (χ0) is 15.7. The van der Waals surface area contributed by atoms with Gasteiger partial charge in [0.25, 0.3) is 0 Å². The van der Waals surface area contributed by atoms with Gasteiger partial charge in [0.05, 0.1) is 5.69 Å². The van der Waals surface area contributed by atoms with E-state index >= 15 is 0 Å². The second-order valence-corrected chi connectivity index (χ2v) is 5.44. The molecule has 1 aliphatic heterocycles. The summed E-state index contributed by atoms with van der Waals surface area (Å²) in [7, 11) is 5.95. The lowest BCUT2D eigenvalue weighted by molar-refractivity contribution is 0.594. The van der Waals surface area contributed by atoms with Gasteiger partial charge in [0.15, 0.2) is 0 Å². The molecule has 0 bridgehead atoms. The van der Waals surface area contributed by atoms with Crippen LogP contribution in [-0.2, 0) is 0 Å². The van der Waals surface area contributed by atoms with E-state index in [0.717, 1.165) is 17.0 Å². The minimum Gasteiger partial charge on any atom is -0.394 e. The van der Waals surface area contributed by atoms with Crippen molar-refractivity contribution in [2.45, 2.75) is 25.8 Å². The minimum atomic E-state index is -0.276. The number of hydrogen-bond donors (Lipinski definition) is 2. The maximum absolute atomic E-state index is 12.9. The van der Waals surface area contributed by atoms with Crippen LogP contribution in [0.4, 0.5) is 16.0 Å².